The Morgan fingerprint density at radius 3 is 2.62 bits per heavy atom. The minimum atomic E-state index is 0.389. The molecule has 0 fully saturated rings. The first-order valence-electron chi connectivity index (χ1n) is 4.79. The van der Waals surface area contributed by atoms with Gasteiger partial charge in [0.15, 0.2) is 0 Å². The first kappa shape index (κ1) is 10.2. The Morgan fingerprint density at radius 2 is 2.15 bits per heavy atom. The number of hydrogen-bond acceptors (Lipinski definition) is 2. The zero-order chi connectivity index (χ0) is 9.84. The van der Waals surface area contributed by atoms with Crippen molar-refractivity contribution in [3.8, 4) is 0 Å². The van der Waals surface area contributed by atoms with E-state index in [0.29, 0.717) is 6.04 Å². The van der Waals surface area contributed by atoms with Crippen LogP contribution >= 0.6 is 0 Å². The molecule has 0 aliphatic heterocycles. The number of aryl methyl sites for hydroxylation is 2. The van der Waals surface area contributed by atoms with E-state index in [2.05, 4.69) is 37.1 Å². The lowest BCUT2D eigenvalue weighted by atomic mass is 10.0. The maximum atomic E-state index is 4.46. The van der Waals surface area contributed by atoms with E-state index in [-0.39, 0.29) is 0 Å². The Hall–Kier alpha value is -0.890. The second kappa shape index (κ2) is 4.38. The molecule has 1 aromatic rings. The number of nitrogens with zero attached hydrogens (tertiary/aromatic N) is 1. The molecule has 0 bridgehead atoms. The van der Waals surface area contributed by atoms with Gasteiger partial charge in [0.1, 0.15) is 0 Å². The van der Waals surface area contributed by atoms with Crippen LogP contribution in [0.15, 0.2) is 12.3 Å². The highest BCUT2D eigenvalue weighted by Gasteiger charge is 2.10. The number of nitrogens with one attached hydrogen (secondary N) is 1. The molecular formula is C11H18N2. The Labute approximate surface area is 80.4 Å². The summed E-state index contributed by atoms with van der Waals surface area (Å²) >= 11 is 0. The molecule has 0 saturated heterocycles. The summed E-state index contributed by atoms with van der Waals surface area (Å²) in [4.78, 5) is 4.46. The smallest absolute Gasteiger partial charge is 0.0602 e. The van der Waals surface area contributed by atoms with Crippen molar-refractivity contribution >= 4 is 0 Å². The van der Waals surface area contributed by atoms with E-state index in [1.54, 1.807) is 0 Å². The molecular weight excluding hydrogens is 160 g/mol. The second-order valence-electron chi connectivity index (χ2n) is 3.46. The van der Waals surface area contributed by atoms with Crippen molar-refractivity contribution in [2.75, 3.05) is 7.05 Å². The van der Waals surface area contributed by atoms with Crippen molar-refractivity contribution in [1.29, 1.82) is 0 Å². The average molecular weight is 178 g/mol. The summed E-state index contributed by atoms with van der Waals surface area (Å²) in [7, 11) is 1.98. The van der Waals surface area contributed by atoms with Crippen LogP contribution in [-0.2, 0) is 0 Å². The molecule has 0 amide bonds. The van der Waals surface area contributed by atoms with E-state index in [9.17, 15) is 0 Å². The molecule has 1 aromatic heterocycles. The predicted octanol–water partition coefficient (Wildman–Crippen LogP) is 2.37. The van der Waals surface area contributed by atoms with Crippen molar-refractivity contribution in [3.05, 3.63) is 29.1 Å². The highest BCUT2D eigenvalue weighted by Crippen LogP contribution is 2.17. The predicted molar refractivity (Wildman–Crippen MR) is 55.8 cm³/mol. The third-order valence-electron chi connectivity index (χ3n) is 2.34. The van der Waals surface area contributed by atoms with Crippen LogP contribution in [0.25, 0.3) is 0 Å². The third kappa shape index (κ3) is 2.28. The molecule has 1 N–H and O–H groups in total. The zero-order valence-electron chi connectivity index (χ0n) is 8.89. The van der Waals surface area contributed by atoms with E-state index >= 15 is 0 Å². The maximum absolute atomic E-state index is 4.46. The summed E-state index contributed by atoms with van der Waals surface area (Å²) in [5.74, 6) is 0. The van der Waals surface area contributed by atoms with Crippen LogP contribution in [0.1, 0.15) is 36.2 Å². The quantitative estimate of drug-likeness (QED) is 0.768. The van der Waals surface area contributed by atoms with Gasteiger partial charge >= 0.3 is 0 Å². The van der Waals surface area contributed by atoms with Gasteiger partial charge in [-0.05, 0) is 38.4 Å². The molecule has 1 rings (SSSR count). The van der Waals surface area contributed by atoms with E-state index < -0.39 is 0 Å². The third-order valence-corrected chi connectivity index (χ3v) is 2.34. The van der Waals surface area contributed by atoms with Crippen LogP contribution in [0.3, 0.4) is 0 Å². The molecule has 2 heteroatoms. The van der Waals surface area contributed by atoms with Gasteiger partial charge in [-0.1, -0.05) is 13.0 Å². The topological polar surface area (TPSA) is 24.9 Å². The van der Waals surface area contributed by atoms with Crippen molar-refractivity contribution in [2.24, 2.45) is 0 Å². The SMILES string of the molecule is CCC(NC)c1ncc(C)cc1C. The van der Waals surface area contributed by atoms with Crippen LogP contribution < -0.4 is 5.32 Å². The molecule has 0 aliphatic rings. The monoisotopic (exact) mass is 178 g/mol. The molecule has 72 valence electrons. The minimum Gasteiger partial charge on any atom is -0.312 e. The number of rotatable bonds is 3. The fourth-order valence-corrected chi connectivity index (χ4v) is 1.62. The van der Waals surface area contributed by atoms with Crippen molar-refractivity contribution in [3.63, 3.8) is 0 Å². The first-order valence-corrected chi connectivity index (χ1v) is 4.79. The van der Waals surface area contributed by atoms with Crippen LogP contribution in [0.2, 0.25) is 0 Å². The van der Waals surface area contributed by atoms with Gasteiger partial charge in [-0.15, -0.1) is 0 Å². The zero-order valence-corrected chi connectivity index (χ0v) is 8.89. The molecule has 1 heterocycles. The second-order valence-corrected chi connectivity index (χ2v) is 3.46. The average Bonchev–Trinajstić information content (AvgIpc) is 2.10. The van der Waals surface area contributed by atoms with Crippen molar-refractivity contribution in [2.45, 2.75) is 33.2 Å². The Balaban J connectivity index is 2.99. The summed E-state index contributed by atoms with van der Waals surface area (Å²) in [6.07, 6.45) is 3.01. The molecule has 0 aromatic carbocycles. The highest BCUT2D eigenvalue weighted by molar-refractivity contribution is 5.25. The Morgan fingerprint density at radius 1 is 1.46 bits per heavy atom. The number of pyridine rings is 1. The molecule has 0 radical (unpaired) electrons. The maximum Gasteiger partial charge on any atom is 0.0602 e. The van der Waals surface area contributed by atoms with Crippen LogP contribution in [0.5, 0.6) is 0 Å². The Kier molecular flexibility index (Phi) is 3.43. The molecule has 1 atom stereocenters. The van der Waals surface area contributed by atoms with Gasteiger partial charge in [0.25, 0.3) is 0 Å². The fourth-order valence-electron chi connectivity index (χ4n) is 1.62. The summed E-state index contributed by atoms with van der Waals surface area (Å²) in [5.41, 5.74) is 3.68. The van der Waals surface area contributed by atoms with E-state index in [1.165, 1.54) is 16.8 Å². The molecule has 0 aliphatic carbocycles. The fraction of sp³-hybridized carbons (Fsp3) is 0.545. The molecule has 13 heavy (non-hydrogen) atoms. The van der Waals surface area contributed by atoms with Gasteiger partial charge in [-0.3, -0.25) is 4.98 Å². The molecule has 1 unspecified atom stereocenters. The standard InChI is InChI=1S/C11H18N2/c1-5-10(12-4)11-9(3)6-8(2)7-13-11/h6-7,10,12H,5H2,1-4H3. The molecule has 2 nitrogen and oxygen atoms in total. The lowest BCUT2D eigenvalue weighted by molar-refractivity contribution is 0.558. The summed E-state index contributed by atoms with van der Waals surface area (Å²) in [5, 5.41) is 3.27. The summed E-state index contributed by atoms with van der Waals surface area (Å²) in [6.45, 7) is 6.36. The Bertz CT molecular complexity index is 277. The number of aromatic nitrogens is 1. The van der Waals surface area contributed by atoms with Gasteiger partial charge in [0, 0.05) is 12.2 Å². The van der Waals surface area contributed by atoms with Crippen LogP contribution in [0.4, 0.5) is 0 Å². The van der Waals surface area contributed by atoms with E-state index in [1.807, 2.05) is 13.2 Å². The molecule has 0 saturated carbocycles. The first-order chi connectivity index (χ1) is 6.19. The largest absolute Gasteiger partial charge is 0.312 e. The van der Waals surface area contributed by atoms with Crippen LogP contribution in [0, 0.1) is 13.8 Å². The van der Waals surface area contributed by atoms with Gasteiger partial charge < -0.3 is 5.32 Å². The highest BCUT2D eigenvalue weighted by atomic mass is 14.9. The summed E-state index contributed by atoms with van der Waals surface area (Å²) in [6, 6.07) is 2.57. The van der Waals surface area contributed by atoms with Gasteiger partial charge in [-0.25, -0.2) is 0 Å². The van der Waals surface area contributed by atoms with Crippen molar-refractivity contribution < 1.29 is 0 Å². The van der Waals surface area contributed by atoms with Crippen LogP contribution in [-0.4, -0.2) is 12.0 Å². The van der Waals surface area contributed by atoms with Crippen molar-refractivity contribution in [1.82, 2.24) is 10.3 Å². The van der Waals surface area contributed by atoms with E-state index in [0.717, 1.165) is 6.42 Å². The van der Waals surface area contributed by atoms with E-state index in [4.69, 9.17) is 0 Å². The minimum absolute atomic E-state index is 0.389. The normalized spacial score (nSPS) is 12.9. The molecule has 0 spiro atoms. The lowest BCUT2D eigenvalue weighted by Crippen LogP contribution is -2.17. The van der Waals surface area contributed by atoms with Gasteiger partial charge in [0.05, 0.1) is 5.69 Å². The summed E-state index contributed by atoms with van der Waals surface area (Å²) < 4.78 is 0. The number of hydrogen-bond donors (Lipinski definition) is 1. The van der Waals surface area contributed by atoms with Gasteiger partial charge in [0.2, 0.25) is 0 Å². The lowest BCUT2D eigenvalue weighted by Gasteiger charge is -2.15. The van der Waals surface area contributed by atoms with Gasteiger partial charge in [-0.2, -0.15) is 0 Å².